The Morgan fingerprint density at radius 1 is 1.33 bits per heavy atom. The number of nitrogens with two attached hydrogens (primary N) is 1. The second-order valence-electron chi connectivity index (χ2n) is 4.39. The Kier molecular flexibility index (Phi) is 7.45. The predicted molar refractivity (Wildman–Crippen MR) is 75.8 cm³/mol. The molecule has 0 bridgehead atoms. The molecule has 0 heterocycles. The molecule has 0 aliphatic heterocycles. The number of hydrogen-bond donors (Lipinski definition) is 2. The number of nitrogens with one attached hydrogen (secondary N) is 1. The van der Waals surface area contributed by atoms with Gasteiger partial charge < -0.3 is 20.5 Å². The highest BCUT2D eigenvalue weighted by molar-refractivity contribution is 5.92. The average Bonchev–Trinajstić information content (AvgIpc) is 2.45. The zero-order valence-corrected chi connectivity index (χ0v) is 11.9. The molecule has 21 heavy (non-hydrogen) atoms. The topological polar surface area (TPSA) is 73.6 Å². The standard InChI is InChI=1S/C14H20F2N2O3/c1-20-10-6-7-12(21-14(15)16)11(9-10)18-13(19)5-3-2-4-8-17/h6-7,9,14H,2-5,8,17H2,1H3,(H,18,19). The van der Waals surface area contributed by atoms with Crippen LogP contribution in [0.3, 0.4) is 0 Å². The average molecular weight is 302 g/mol. The number of hydrogen-bond acceptors (Lipinski definition) is 4. The van der Waals surface area contributed by atoms with Crippen molar-refractivity contribution < 1.29 is 23.0 Å². The van der Waals surface area contributed by atoms with Crippen molar-refractivity contribution in [2.45, 2.75) is 32.3 Å². The van der Waals surface area contributed by atoms with E-state index in [1.165, 1.54) is 25.3 Å². The number of unbranched alkanes of at least 4 members (excludes halogenated alkanes) is 2. The van der Waals surface area contributed by atoms with Crippen LogP contribution in [0.25, 0.3) is 0 Å². The molecule has 1 aromatic carbocycles. The first-order valence-corrected chi connectivity index (χ1v) is 6.69. The SMILES string of the molecule is COc1ccc(OC(F)F)c(NC(=O)CCCCCN)c1. The maximum atomic E-state index is 12.3. The molecule has 0 aromatic heterocycles. The molecule has 0 atom stereocenters. The lowest BCUT2D eigenvalue weighted by atomic mass is 10.2. The monoisotopic (exact) mass is 302 g/mol. The molecule has 1 amide bonds. The van der Waals surface area contributed by atoms with Gasteiger partial charge in [0.05, 0.1) is 12.8 Å². The third-order valence-electron chi connectivity index (χ3n) is 2.78. The molecule has 5 nitrogen and oxygen atoms in total. The summed E-state index contributed by atoms with van der Waals surface area (Å²) in [5, 5.41) is 2.56. The lowest BCUT2D eigenvalue weighted by Gasteiger charge is -2.13. The minimum Gasteiger partial charge on any atom is -0.497 e. The quantitative estimate of drug-likeness (QED) is 0.688. The van der Waals surface area contributed by atoms with Gasteiger partial charge >= 0.3 is 6.61 Å². The van der Waals surface area contributed by atoms with Crippen LogP contribution < -0.4 is 20.5 Å². The first kappa shape index (κ1) is 17.2. The van der Waals surface area contributed by atoms with Crippen molar-refractivity contribution >= 4 is 11.6 Å². The fourth-order valence-corrected chi connectivity index (χ4v) is 1.75. The first-order chi connectivity index (χ1) is 10.1. The van der Waals surface area contributed by atoms with E-state index in [2.05, 4.69) is 10.1 Å². The molecule has 0 spiro atoms. The van der Waals surface area contributed by atoms with Crippen molar-refractivity contribution in [3.63, 3.8) is 0 Å². The van der Waals surface area contributed by atoms with Crippen LogP contribution in [0.1, 0.15) is 25.7 Å². The van der Waals surface area contributed by atoms with Gasteiger partial charge in [0.1, 0.15) is 11.5 Å². The van der Waals surface area contributed by atoms with Crippen LogP contribution in [0.15, 0.2) is 18.2 Å². The van der Waals surface area contributed by atoms with E-state index in [1.807, 2.05) is 0 Å². The molecule has 0 fully saturated rings. The van der Waals surface area contributed by atoms with Gasteiger partial charge in [-0.05, 0) is 31.5 Å². The lowest BCUT2D eigenvalue weighted by molar-refractivity contribution is -0.116. The lowest BCUT2D eigenvalue weighted by Crippen LogP contribution is -2.13. The second-order valence-corrected chi connectivity index (χ2v) is 4.39. The van der Waals surface area contributed by atoms with Crippen LogP contribution in [0.2, 0.25) is 0 Å². The Morgan fingerprint density at radius 3 is 2.71 bits per heavy atom. The predicted octanol–water partition coefficient (Wildman–Crippen LogP) is 2.75. The minimum absolute atomic E-state index is 0.0962. The van der Waals surface area contributed by atoms with Gasteiger partial charge in [0.2, 0.25) is 5.91 Å². The van der Waals surface area contributed by atoms with Crippen molar-refractivity contribution in [3.8, 4) is 11.5 Å². The Bertz CT molecular complexity index is 456. The summed E-state index contributed by atoms with van der Waals surface area (Å²) in [5.41, 5.74) is 5.53. The van der Waals surface area contributed by atoms with Crippen molar-refractivity contribution in [2.75, 3.05) is 19.0 Å². The van der Waals surface area contributed by atoms with Gasteiger partial charge in [0, 0.05) is 12.5 Å². The molecule has 0 unspecified atom stereocenters. The van der Waals surface area contributed by atoms with E-state index in [1.54, 1.807) is 0 Å². The summed E-state index contributed by atoms with van der Waals surface area (Å²) in [6, 6.07) is 4.25. The second kappa shape index (κ2) is 9.12. The van der Waals surface area contributed by atoms with E-state index < -0.39 is 6.61 Å². The molecule has 118 valence electrons. The number of benzene rings is 1. The number of ether oxygens (including phenoxy) is 2. The van der Waals surface area contributed by atoms with E-state index in [4.69, 9.17) is 10.5 Å². The van der Waals surface area contributed by atoms with Crippen LogP contribution in [0.5, 0.6) is 11.5 Å². The molecule has 0 radical (unpaired) electrons. The third-order valence-corrected chi connectivity index (χ3v) is 2.78. The van der Waals surface area contributed by atoms with Gasteiger partial charge in [-0.2, -0.15) is 8.78 Å². The van der Waals surface area contributed by atoms with E-state index in [0.717, 1.165) is 12.8 Å². The Morgan fingerprint density at radius 2 is 2.10 bits per heavy atom. The smallest absolute Gasteiger partial charge is 0.387 e. The highest BCUT2D eigenvalue weighted by atomic mass is 19.3. The molecular weight excluding hydrogens is 282 g/mol. The Hall–Kier alpha value is -1.89. The molecule has 0 aliphatic carbocycles. The van der Waals surface area contributed by atoms with Crippen LogP contribution in [0, 0.1) is 0 Å². The van der Waals surface area contributed by atoms with E-state index in [0.29, 0.717) is 25.1 Å². The van der Waals surface area contributed by atoms with Crippen molar-refractivity contribution in [3.05, 3.63) is 18.2 Å². The van der Waals surface area contributed by atoms with Gasteiger partial charge in [-0.15, -0.1) is 0 Å². The molecule has 0 saturated heterocycles. The summed E-state index contributed by atoms with van der Waals surface area (Å²) >= 11 is 0. The number of anilines is 1. The van der Waals surface area contributed by atoms with Crippen LogP contribution in [-0.2, 0) is 4.79 Å². The zero-order valence-electron chi connectivity index (χ0n) is 11.9. The molecule has 7 heteroatoms. The summed E-state index contributed by atoms with van der Waals surface area (Å²) in [6.45, 7) is -2.37. The van der Waals surface area contributed by atoms with Gasteiger partial charge in [0.15, 0.2) is 0 Å². The van der Waals surface area contributed by atoms with E-state index in [9.17, 15) is 13.6 Å². The van der Waals surface area contributed by atoms with Crippen LogP contribution in [0.4, 0.5) is 14.5 Å². The van der Waals surface area contributed by atoms with Gasteiger partial charge in [-0.25, -0.2) is 0 Å². The number of carbonyl (C=O) groups excluding carboxylic acids is 1. The number of methoxy groups -OCH3 is 1. The maximum absolute atomic E-state index is 12.3. The van der Waals surface area contributed by atoms with Crippen molar-refractivity contribution in [1.82, 2.24) is 0 Å². The molecule has 1 rings (SSSR count). The normalized spacial score (nSPS) is 10.5. The number of halogens is 2. The fourth-order valence-electron chi connectivity index (χ4n) is 1.75. The van der Waals surface area contributed by atoms with Crippen LogP contribution >= 0.6 is 0 Å². The summed E-state index contributed by atoms with van der Waals surface area (Å²) < 4.78 is 34.0. The maximum Gasteiger partial charge on any atom is 0.387 e. The summed E-state index contributed by atoms with van der Waals surface area (Å²) in [7, 11) is 1.45. The number of carbonyl (C=O) groups is 1. The van der Waals surface area contributed by atoms with Crippen LogP contribution in [-0.4, -0.2) is 26.2 Å². The molecule has 0 saturated carbocycles. The Balaban J connectivity index is 2.67. The summed E-state index contributed by atoms with van der Waals surface area (Å²) in [5.74, 6) is 0.0792. The van der Waals surface area contributed by atoms with Gasteiger partial charge in [-0.1, -0.05) is 6.42 Å². The number of alkyl halides is 2. The van der Waals surface area contributed by atoms with Crippen molar-refractivity contribution in [1.29, 1.82) is 0 Å². The molecular formula is C14H20F2N2O3. The van der Waals surface area contributed by atoms with E-state index in [-0.39, 0.29) is 17.3 Å². The van der Waals surface area contributed by atoms with E-state index >= 15 is 0 Å². The molecule has 3 N–H and O–H groups in total. The highest BCUT2D eigenvalue weighted by Gasteiger charge is 2.13. The largest absolute Gasteiger partial charge is 0.497 e. The number of amides is 1. The number of rotatable bonds is 9. The zero-order chi connectivity index (χ0) is 15.7. The fraction of sp³-hybridized carbons (Fsp3) is 0.500. The third kappa shape index (κ3) is 6.40. The minimum atomic E-state index is -2.96. The summed E-state index contributed by atoms with van der Waals surface area (Å²) in [4.78, 5) is 11.8. The first-order valence-electron chi connectivity index (χ1n) is 6.69. The van der Waals surface area contributed by atoms with Gasteiger partial charge in [-0.3, -0.25) is 4.79 Å². The Labute approximate surface area is 122 Å². The summed E-state index contributed by atoms with van der Waals surface area (Å²) in [6.07, 6.45) is 2.69. The highest BCUT2D eigenvalue weighted by Crippen LogP contribution is 2.30. The van der Waals surface area contributed by atoms with Gasteiger partial charge in [0.25, 0.3) is 0 Å². The molecule has 1 aromatic rings. The molecule has 0 aliphatic rings. The van der Waals surface area contributed by atoms with Crippen molar-refractivity contribution in [2.24, 2.45) is 5.73 Å².